The molecule has 3 rings (SSSR count). The van der Waals surface area contributed by atoms with Crippen LogP contribution in [0.15, 0.2) is 48.5 Å². The van der Waals surface area contributed by atoms with Crippen LogP contribution in [0.1, 0.15) is 18.4 Å². The largest absolute Gasteiger partial charge is 0.494 e. The van der Waals surface area contributed by atoms with E-state index in [9.17, 15) is 4.79 Å². The number of amides is 1. The molecule has 1 aliphatic rings. The Hall–Kier alpha value is -2.64. The first-order chi connectivity index (χ1) is 14.1. The molecule has 1 fully saturated rings. The second-order valence-corrected chi connectivity index (χ2v) is 7.32. The molecule has 0 radical (unpaired) electrons. The lowest BCUT2D eigenvalue weighted by molar-refractivity contribution is -0.119. The predicted octanol–water partition coefficient (Wildman–Crippen LogP) is 3.50. The first-order valence-electron chi connectivity index (χ1n) is 9.83. The van der Waals surface area contributed by atoms with E-state index in [1.165, 1.54) is 5.56 Å². The Morgan fingerprint density at radius 3 is 2.48 bits per heavy atom. The van der Waals surface area contributed by atoms with Crippen molar-refractivity contribution in [3.8, 4) is 5.75 Å². The van der Waals surface area contributed by atoms with Crippen LogP contribution in [0.2, 0.25) is 0 Å². The Morgan fingerprint density at radius 1 is 1.10 bits per heavy atom. The molecule has 2 aromatic rings. The van der Waals surface area contributed by atoms with Crippen molar-refractivity contribution in [3.05, 3.63) is 54.1 Å². The molecule has 0 saturated carbocycles. The Balaban J connectivity index is 1.35. The van der Waals surface area contributed by atoms with Crippen molar-refractivity contribution in [2.75, 3.05) is 43.1 Å². The number of carbonyl (C=O) groups is 1. The maximum Gasteiger partial charge on any atom is 0.226 e. The summed E-state index contributed by atoms with van der Waals surface area (Å²) in [5, 5.41) is 6.06. The summed E-state index contributed by atoms with van der Waals surface area (Å²) in [6.45, 7) is 5.82. The van der Waals surface area contributed by atoms with Crippen molar-refractivity contribution in [1.82, 2.24) is 5.32 Å². The third kappa shape index (κ3) is 7.03. The zero-order valence-corrected chi connectivity index (χ0v) is 17.5. The van der Waals surface area contributed by atoms with Crippen molar-refractivity contribution < 1.29 is 14.3 Å². The van der Waals surface area contributed by atoms with Crippen molar-refractivity contribution in [2.45, 2.75) is 19.8 Å². The molecule has 1 heterocycles. The van der Waals surface area contributed by atoms with Crippen molar-refractivity contribution in [2.24, 2.45) is 0 Å². The molecule has 0 bridgehead atoms. The van der Waals surface area contributed by atoms with Gasteiger partial charge in [0.25, 0.3) is 0 Å². The number of carbonyl (C=O) groups excluding carboxylic acids is 1. The van der Waals surface area contributed by atoms with Gasteiger partial charge in [-0.1, -0.05) is 17.7 Å². The molecular weight excluding hydrogens is 386 g/mol. The van der Waals surface area contributed by atoms with Gasteiger partial charge in [0.15, 0.2) is 5.11 Å². The van der Waals surface area contributed by atoms with E-state index in [1.54, 1.807) is 0 Å². The van der Waals surface area contributed by atoms with Gasteiger partial charge in [-0.2, -0.15) is 0 Å². The number of hydrogen-bond acceptors (Lipinski definition) is 5. The monoisotopic (exact) mass is 413 g/mol. The zero-order chi connectivity index (χ0) is 20.5. The van der Waals surface area contributed by atoms with Crippen LogP contribution in [0.3, 0.4) is 0 Å². The van der Waals surface area contributed by atoms with Crippen LogP contribution in [0, 0.1) is 6.92 Å². The number of anilines is 2. The normalized spacial score (nSPS) is 13.6. The molecule has 7 heteroatoms. The molecule has 29 heavy (non-hydrogen) atoms. The molecule has 1 amide bonds. The Bertz CT molecular complexity index is 803. The number of rotatable bonds is 7. The van der Waals surface area contributed by atoms with Gasteiger partial charge in [0.1, 0.15) is 5.75 Å². The fourth-order valence-corrected chi connectivity index (χ4v) is 3.22. The molecule has 1 saturated heterocycles. The molecule has 1 aliphatic heterocycles. The van der Waals surface area contributed by atoms with Gasteiger partial charge in [-0.05, 0) is 62.0 Å². The molecule has 0 unspecified atom stereocenters. The lowest BCUT2D eigenvalue weighted by Gasteiger charge is -2.28. The zero-order valence-electron chi connectivity index (χ0n) is 16.6. The average Bonchev–Trinajstić information content (AvgIpc) is 2.73. The highest BCUT2D eigenvalue weighted by molar-refractivity contribution is 7.80. The highest BCUT2D eigenvalue weighted by Gasteiger charge is 2.11. The van der Waals surface area contributed by atoms with Gasteiger partial charge < -0.3 is 25.0 Å². The molecule has 0 aromatic heterocycles. The number of nitrogens with one attached hydrogen (secondary N) is 2. The number of thiocarbonyl (C=S) groups is 1. The van der Waals surface area contributed by atoms with Crippen LogP contribution < -0.4 is 20.3 Å². The highest BCUT2D eigenvalue weighted by Crippen LogP contribution is 2.19. The molecule has 2 N–H and O–H groups in total. The van der Waals surface area contributed by atoms with Gasteiger partial charge in [0.2, 0.25) is 5.91 Å². The summed E-state index contributed by atoms with van der Waals surface area (Å²) >= 11 is 5.24. The number of benzene rings is 2. The quantitative estimate of drug-likeness (QED) is 0.535. The number of hydrogen-bond donors (Lipinski definition) is 2. The molecule has 6 nitrogen and oxygen atoms in total. The van der Waals surface area contributed by atoms with Gasteiger partial charge >= 0.3 is 0 Å². The van der Waals surface area contributed by atoms with E-state index in [2.05, 4.69) is 15.5 Å². The Labute approximate surface area is 177 Å². The predicted molar refractivity (Wildman–Crippen MR) is 120 cm³/mol. The van der Waals surface area contributed by atoms with E-state index >= 15 is 0 Å². The summed E-state index contributed by atoms with van der Waals surface area (Å²) < 4.78 is 11.0. The number of aryl methyl sites for hydroxylation is 1. The maximum atomic E-state index is 12.0. The molecule has 0 atom stereocenters. The Kier molecular flexibility index (Phi) is 7.84. The number of nitrogens with zero attached hydrogens (tertiary/aromatic N) is 1. The van der Waals surface area contributed by atoms with Crippen LogP contribution in [-0.4, -0.2) is 43.9 Å². The van der Waals surface area contributed by atoms with Gasteiger partial charge in [-0.3, -0.25) is 4.79 Å². The third-order valence-electron chi connectivity index (χ3n) is 4.59. The Morgan fingerprint density at radius 2 is 1.79 bits per heavy atom. The van der Waals surface area contributed by atoms with E-state index in [-0.39, 0.29) is 5.91 Å². The van der Waals surface area contributed by atoms with Crippen LogP contribution in [0.25, 0.3) is 0 Å². The van der Waals surface area contributed by atoms with E-state index in [0.29, 0.717) is 24.6 Å². The molecular formula is C22H27N3O3S. The van der Waals surface area contributed by atoms with Crippen LogP contribution in [-0.2, 0) is 9.53 Å². The lowest BCUT2D eigenvalue weighted by Crippen LogP contribution is -2.36. The van der Waals surface area contributed by atoms with E-state index in [0.717, 1.165) is 43.4 Å². The van der Waals surface area contributed by atoms with Gasteiger partial charge in [0, 0.05) is 30.9 Å². The van der Waals surface area contributed by atoms with Crippen LogP contribution in [0.4, 0.5) is 11.4 Å². The first kappa shape index (κ1) is 21.1. The van der Waals surface area contributed by atoms with Crippen molar-refractivity contribution in [3.63, 3.8) is 0 Å². The average molecular weight is 414 g/mol. The van der Waals surface area contributed by atoms with Crippen molar-refractivity contribution >= 4 is 34.6 Å². The van der Waals surface area contributed by atoms with E-state index in [1.807, 2.05) is 55.5 Å². The molecule has 154 valence electrons. The van der Waals surface area contributed by atoms with Crippen molar-refractivity contribution in [1.29, 1.82) is 0 Å². The number of ether oxygens (including phenoxy) is 2. The summed E-state index contributed by atoms with van der Waals surface area (Å²) in [6.07, 6.45) is 0.972. The van der Waals surface area contributed by atoms with Crippen LogP contribution >= 0.6 is 12.2 Å². The summed E-state index contributed by atoms with van der Waals surface area (Å²) in [5.41, 5.74) is 3.19. The summed E-state index contributed by atoms with van der Waals surface area (Å²) in [4.78, 5) is 14.3. The fraction of sp³-hybridized carbons (Fsp3) is 0.364. The van der Waals surface area contributed by atoms with E-state index < -0.39 is 0 Å². The maximum absolute atomic E-state index is 12.0. The number of morpholine rings is 1. The summed E-state index contributed by atoms with van der Waals surface area (Å²) in [6, 6.07) is 15.9. The third-order valence-corrected chi connectivity index (χ3v) is 4.80. The minimum atomic E-state index is -0.125. The topological polar surface area (TPSA) is 62.8 Å². The molecule has 0 aliphatic carbocycles. The SMILES string of the molecule is Cc1ccc(OCCCC(=O)NC(=S)Nc2ccc(N3CCOCC3)cc2)cc1. The first-order valence-corrected chi connectivity index (χ1v) is 10.2. The fourth-order valence-electron chi connectivity index (χ4n) is 2.99. The second kappa shape index (κ2) is 10.8. The highest BCUT2D eigenvalue weighted by atomic mass is 32.1. The standard InChI is InChI=1S/C22H27N3O3S/c1-17-4-10-20(11-5-17)28-14-2-3-21(26)24-22(29)23-18-6-8-19(9-7-18)25-12-15-27-16-13-25/h4-11H,2-3,12-16H2,1H3,(H2,23,24,26,29). The van der Waals surface area contributed by atoms with Crippen LogP contribution in [0.5, 0.6) is 5.75 Å². The van der Waals surface area contributed by atoms with Gasteiger partial charge in [0.05, 0.1) is 19.8 Å². The summed E-state index contributed by atoms with van der Waals surface area (Å²) in [7, 11) is 0. The summed E-state index contributed by atoms with van der Waals surface area (Å²) in [5.74, 6) is 0.689. The lowest BCUT2D eigenvalue weighted by atomic mass is 10.2. The van der Waals surface area contributed by atoms with Gasteiger partial charge in [-0.25, -0.2) is 0 Å². The van der Waals surface area contributed by atoms with Gasteiger partial charge in [-0.15, -0.1) is 0 Å². The minimum absolute atomic E-state index is 0.125. The smallest absolute Gasteiger partial charge is 0.226 e. The minimum Gasteiger partial charge on any atom is -0.494 e. The molecule has 0 spiro atoms. The molecule has 2 aromatic carbocycles. The second-order valence-electron chi connectivity index (χ2n) is 6.91. The van der Waals surface area contributed by atoms with E-state index in [4.69, 9.17) is 21.7 Å².